The highest BCUT2D eigenvalue weighted by atomic mass is 16.5. The molecule has 23 heavy (non-hydrogen) atoms. The van der Waals surface area contributed by atoms with Crippen molar-refractivity contribution in [3.63, 3.8) is 0 Å². The molecule has 0 radical (unpaired) electrons. The van der Waals surface area contributed by atoms with E-state index in [4.69, 9.17) is 9.84 Å². The summed E-state index contributed by atoms with van der Waals surface area (Å²) in [7, 11) is 4.16. The molecule has 0 fully saturated rings. The van der Waals surface area contributed by atoms with E-state index in [1.54, 1.807) is 0 Å². The largest absolute Gasteiger partial charge is 0.494 e. The smallest absolute Gasteiger partial charge is 0.116 e. The van der Waals surface area contributed by atoms with E-state index in [1.807, 2.05) is 26.0 Å². The summed E-state index contributed by atoms with van der Waals surface area (Å²) in [6.07, 6.45) is 7.08. The quantitative estimate of drug-likeness (QED) is 0.348. The Hall–Kier alpha value is -1.52. The van der Waals surface area contributed by atoms with Crippen molar-refractivity contribution in [1.82, 2.24) is 10.2 Å². The van der Waals surface area contributed by atoms with Crippen molar-refractivity contribution in [3.05, 3.63) is 47.4 Å². The van der Waals surface area contributed by atoms with Crippen LogP contribution < -0.4 is 5.32 Å². The van der Waals surface area contributed by atoms with Gasteiger partial charge in [0.25, 0.3) is 0 Å². The van der Waals surface area contributed by atoms with Gasteiger partial charge < -0.3 is 20.1 Å². The summed E-state index contributed by atoms with van der Waals surface area (Å²) in [5, 5.41) is 12.5. The lowest BCUT2D eigenvalue weighted by Crippen LogP contribution is -2.33. The molecule has 4 heteroatoms. The highest BCUT2D eigenvalue weighted by Gasteiger charge is 2.13. The fourth-order valence-electron chi connectivity index (χ4n) is 1.96. The summed E-state index contributed by atoms with van der Waals surface area (Å²) in [6, 6.07) is 0.236. The molecule has 1 unspecified atom stereocenters. The highest BCUT2D eigenvalue weighted by Crippen LogP contribution is 2.13. The molecule has 132 valence electrons. The Morgan fingerprint density at radius 1 is 1.26 bits per heavy atom. The van der Waals surface area contributed by atoms with Gasteiger partial charge in [0.05, 0.1) is 12.3 Å². The summed E-state index contributed by atoms with van der Waals surface area (Å²) in [5.41, 5.74) is 3.20. The summed E-state index contributed by atoms with van der Waals surface area (Å²) >= 11 is 0. The van der Waals surface area contributed by atoms with E-state index in [-0.39, 0.29) is 12.6 Å². The SMILES string of the molecule is C=C(C)/C=C\C(NC(CCN(C)C)/C(C)=C/C)=C(/C)OCCO. The third kappa shape index (κ3) is 9.97. The number of aliphatic hydroxyl groups excluding tert-OH is 1. The molecule has 0 amide bonds. The van der Waals surface area contributed by atoms with Crippen LogP contribution in [-0.4, -0.2) is 49.9 Å². The minimum atomic E-state index is 0.00672. The van der Waals surface area contributed by atoms with Crippen LogP contribution in [0.4, 0.5) is 0 Å². The average Bonchev–Trinajstić information content (AvgIpc) is 2.50. The maximum Gasteiger partial charge on any atom is 0.116 e. The molecule has 0 heterocycles. The molecule has 0 aliphatic carbocycles. The fourth-order valence-corrected chi connectivity index (χ4v) is 1.96. The van der Waals surface area contributed by atoms with Crippen molar-refractivity contribution in [2.24, 2.45) is 0 Å². The average molecular weight is 322 g/mol. The van der Waals surface area contributed by atoms with Crippen LogP contribution in [0.25, 0.3) is 0 Å². The van der Waals surface area contributed by atoms with Crippen molar-refractivity contribution in [2.75, 3.05) is 33.9 Å². The molecule has 0 aromatic heterocycles. The van der Waals surface area contributed by atoms with E-state index in [0.29, 0.717) is 6.61 Å². The first-order valence-electron chi connectivity index (χ1n) is 8.14. The Morgan fingerprint density at radius 2 is 1.91 bits per heavy atom. The van der Waals surface area contributed by atoms with Crippen LogP contribution in [0.15, 0.2) is 47.4 Å². The maximum absolute atomic E-state index is 8.95. The van der Waals surface area contributed by atoms with Crippen LogP contribution in [-0.2, 0) is 4.74 Å². The molecule has 4 nitrogen and oxygen atoms in total. The van der Waals surface area contributed by atoms with Gasteiger partial charge in [0, 0.05) is 6.04 Å². The molecule has 0 rings (SSSR count). The Morgan fingerprint density at radius 3 is 2.39 bits per heavy atom. The molecule has 2 N–H and O–H groups in total. The van der Waals surface area contributed by atoms with E-state index >= 15 is 0 Å². The van der Waals surface area contributed by atoms with Crippen molar-refractivity contribution < 1.29 is 9.84 Å². The van der Waals surface area contributed by atoms with Crippen LogP contribution in [0.1, 0.15) is 34.1 Å². The van der Waals surface area contributed by atoms with E-state index in [2.05, 4.69) is 50.8 Å². The first-order valence-corrected chi connectivity index (χ1v) is 8.14. The molecule has 0 aliphatic rings. The number of nitrogens with zero attached hydrogens (tertiary/aromatic N) is 1. The normalized spacial score (nSPS) is 14.9. The highest BCUT2D eigenvalue weighted by molar-refractivity contribution is 5.28. The number of hydrogen-bond donors (Lipinski definition) is 2. The fraction of sp³-hybridized carbons (Fsp3) is 0.579. The van der Waals surface area contributed by atoms with Crippen LogP contribution in [0.2, 0.25) is 0 Å². The van der Waals surface area contributed by atoms with E-state index in [0.717, 1.165) is 30.0 Å². The number of aliphatic hydroxyl groups is 1. The van der Waals surface area contributed by atoms with Crippen LogP contribution in [0, 0.1) is 0 Å². The lowest BCUT2D eigenvalue weighted by molar-refractivity contribution is 0.143. The van der Waals surface area contributed by atoms with Gasteiger partial charge in [0.1, 0.15) is 12.4 Å². The molecule has 0 bridgehead atoms. The second-order valence-electron chi connectivity index (χ2n) is 6.04. The Kier molecular flexibility index (Phi) is 11.2. The lowest BCUT2D eigenvalue weighted by Gasteiger charge is -2.24. The molecule has 0 aromatic carbocycles. The molecular weight excluding hydrogens is 288 g/mol. The van der Waals surface area contributed by atoms with Crippen molar-refractivity contribution in [2.45, 2.75) is 40.2 Å². The second-order valence-corrected chi connectivity index (χ2v) is 6.04. The summed E-state index contributed by atoms with van der Waals surface area (Å²) in [4.78, 5) is 2.18. The van der Waals surface area contributed by atoms with Gasteiger partial charge in [0.2, 0.25) is 0 Å². The number of ether oxygens (including phenoxy) is 1. The third-order valence-corrected chi connectivity index (χ3v) is 3.52. The van der Waals surface area contributed by atoms with Gasteiger partial charge in [-0.05, 0) is 60.8 Å². The third-order valence-electron chi connectivity index (χ3n) is 3.52. The zero-order chi connectivity index (χ0) is 17.8. The molecule has 0 aliphatic heterocycles. The molecular formula is C19H34N2O2. The summed E-state index contributed by atoms with van der Waals surface area (Å²) in [5.74, 6) is 0.773. The zero-order valence-corrected chi connectivity index (χ0v) is 15.6. The van der Waals surface area contributed by atoms with Gasteiger partial charge in [-0.1, -0.05) is 29.9 Å². The number of hydrogen-bond acceptors (Lipinski definition) is 4. The molecule has 1 atom stereocenters. The monoisotopic (exact) mass is 322 g/mol. The second kappa shape index (κ2) is 12.0. The summed E-state index contributed by atoms with van der Waals surface area (Å²) < 4.78 is 5.58. The van der Waals surface area contributed by atoms with Crippen molar-refractivity contribution in [1.29, 1.82) is 0 Å². The van der Waals surface area contributed by atoms with E-state index < -0.39 is 0 Å². The number of allylic oxidation sites excluding steroid dienone is 5. The van der Waals surface area contributed by atoms with Crippen LogP contribution in [0.5, 0.6) is 0 Å². The lowest BCUT2D eigenvalue weighted by atomic mass is 10.0. The van der Waals surface area contributed by atoms with Crippen LogP contribution in [0.3, 0.4) is 0 Å². The van der Waals surface area contributed by atoms with Gasteiger partial charge in [-0.15, -0.1) is 0 Å². The Labute approximate surface area is 142 Å². The van der Waals surface area contributed by atoms with E-state index in [9.17, 15) is 0 Å². The summed E-state index contributed by atoms with van der Waals surface area (Å²) in [6.45, 7) is 13.3. The van der Waals surface area contributed by atoms with Crippen LogP contribution >= 0.6 is 0 Å². The minimum absolute atomic E-state index is 0.00672. The first kappa shape index (κ1) is 21.5. The standard InChI is InChI=1S/C19H34N2O2/c1-8-16(4)18(11-12-21(6)7)20-19(10-9-15(2)3)17(5)23-14-13-22/h8-10,18,20,22H,2,11-14H2,1,3-7H3/b10-9-,16-8+,19-17-. The minimum Gasteiger partial charge on any atom is -0.494 e. The van der Waals surface area contributed by atoms with Gasteiger partial charge >= 0.3 is 0 Å². The number of rotatable bonds is 11. The Balaban J connectivity index is 5.29. The Bertz CT molecular complexity index is 448. The predicted molar refractivity (Wildman–Crippen MR) is 99.2 cm³/mol. The molecule has 0 aromatic rings. The van der Waals surface area contributed by atoms with E-state index in [1.165, 1.54) is 5.57 Å². The number of nitrogens with one attached hydrogen (secondary N) is 1. The topological polar surface area (TPSA) is 44.7 Å². The van der Waals surface area contributed by atoms with Gasteiger partial charge in [-0.2, -0.15) is 0 Å². The predicted octanol–water partition coefficient (Wildman–Crippen LogP) is 3.24. The maximum atomic E-state index is 8.95. The molecule has 0 spiro atoms. The first-order chi connectivity index (χ1) is 10.8. The molecule has 0 saturated heterocycles. The zero-order valence-electron chi connectivity index (χ0n) is 15.6. The van der Waals surface area contributed by atoms with Gasteiger partial charge in [0.15, 0.2) is 0 Å². The van der Waals surface area contributed by atoms with Gasteiger partial charge in [-0.25, -0.2) is 0 Å². The van der Waals surface area contributed by atoms with Crippen molar-refractivity contribution >= 4 is 0 Å². The van der Waals surface area contributed by atoms with Gasteiger partial charge in [-0.3, -0.25) is 0 Å². The van der Waals surface area contributed by atoms with Crippen molar-refractivity contribution in [3.8, 4) is 0 Å². The molecule has 0 saturated carbocycles.